The Morgan fingerprint density at radius 1 is 1.62 bits per heavy atom. The van der Waals surface area contributed by atoms with Gasteiger partial charge in [-0.15, -0.1) is 0 Å². The van der Waals surface area contributed by atoms with Gasteiger partial charge >= 0.3 is 0 Å². The second kappa shape index (κ2) is 4.45. The quantitative estimate of drug-likeness (QED) is 0.597. The fraction of sp³-hybridized carbons (Fsp3) is 0.727. The second-order valence-electron chi connectivity index (χ2n) is 4.13. The lowest BCUT2D eigenvalue weighted by atomic mass is 9.88. The number of carbonyl (C=O) groups is 1. The molecule has 0 aromatic carbocycles. The van der Waals surface area contributed by atoms with Crippen LogP contribution in [0.5, 0.6) is 0 Å². The minimum absolute atomic E-state index is 0.0883. The van der Waals surface area contributed by atoms with E-state index in [0.29, 0.717) is 11.8 Å². The van der Waals surface area contributed by atoms with Gasteiger partial charge in [-0.1, -0.05) is 20.4 Å². The number of amides is 1. The van der Waals surface area contributed by atoms with Crippen LogP contribution in [-0.2, 0) is 4.79 Å². The average Bonchev–Trinajstić information content (AvgIpc) is 2.17. The third kappa shape index (κ3) is 2.58. The van der Waals surface area contributed by atoms with Gasteiger partial charge in [0, 0.05) is 13.1 Å². The van der Waals surface area contributed by atoms with Gasteiger partial charge in [0.2, 0.25) is 5.91 Å². The van der Waals surface area contributed by atoms with E-state index in [9.17, 15) is 4.79 Å². The van der Waals surface area contributed by atoms with Crippen LogP contribution in [0, 0.1) is 11.8 Å². The van der Waals surface area contributed by atoms with Crippen LogP contribution < -0.4 is 0 Å². The second-order valence-corrected chi connectivity index (χ2v) is 4.13. The summed E-state index contributed by atoms with van der Waals surface area (Å²) in [6.07, 6.45) is 3.82. The Morgan fingerprint density at radius 3 is 2.85 bits per heavy atom. The van der Waals surface area contributed by atoms with Crippen LogP contribution in [0.2, 0.25) is 0 Å². The Kier molecular flexibility index (Phi) is 3.52. The molecule has 1 rings (SSSR count). The molecule has 0 radical (unpaired) electrons. The number of nitrogens with zero attached hydrogens (tertiary/aromatic N) is 1. The van der Waals surface area contributed by atoms with Crippen molar-refractivity contribution >= 4 is 5.91 Å². The van der Waals surface area contributed by atoms with Crippen molar-refractivity contribution in [3.8, 4) is 0 Å². The summed E-state index contributed by atoms with van der Waals surface area (Å²) in [5.41, 5.74) is 0. The van der Waals surface area contributed by atoms with Gasteiger partial charge in [0.1, 0.15) is 0 Å². The molecule has 74 valence electrons. The molecule has 1 fully saturated rings. The third-order valence-corrected chi connectivity index (χ3v) is 2.89. The highest BCUT2D eigenvalue weighted by Crippen LogP contribution is 2.23. The first kappa shape index (κ1) is 10.3. The summed E-state index contributed by atoms with van der Waals surface area (Å²) >= 11 is 0. The van der Waals surface area contributed by atoms with Gasteiger partial charge in [-0.3, -0.25) is 4.79 Å². The fourth-order valence-electron chi connectivity index (χ4n) is 1.88. The molecule has 0 spiro atoms. The van der Waals surface area contributed by atoms with Crippen LogP contribution >= 0.6 is 0 Å². The highest BCUT2D eigenvalue weighted by atomic mass is 16.2. The standard InChI is InChI=1S/C11H19NO/c1-4-11(13)12-7-5-6-10(8-12)9(2)3/h4,9-10H,1,5-8H2,2-3H3. The van der Waals surface area contributed by atoms with Crippen LogP contribution in [0.25, 0.3) is 0 Å². The maximum Gasteiger partial charge on any atom is 0.245 e. The van der Waals surface area contributed by atoms with Gasteiger partial charge in [-0.05, 0) is 30.8 Å². The number of carbonyl (C=O) groups excluding carboxylic acids is 1. The summed E-state index contributed by atoms with van der Waals surface area (Å²) in [7, 11) is 0. The van der Waals surface area contributed by atoms with Gasteiger partial charge < -0.3 is 4.90 Å². The van der Waals surface area contributed by atoms with E-state index < -0.39 is 0 Å². The van der Waals surface area contributed by atoms with Crippen molar-refractivity contribution < 1.29 is 4.79 Å². The van der Waals surface area contributed by atoms with E-state index in [1.807, 2.05) is 4.90 Å². The minimum atomic E-state index is 0.0883. The summed E-state index contributed by atoms with van der Waals surface area (Å²) in [6.45, 7) is 9.80. The molecular formula is C11H19NO. The van der Waals surface area contributed by atoms with E-state index in [-0.39, 0.29) is 5.91 Å². The molecule has 1 aliphatic heterocycles. The Morgan fingerprint density at radius 2 is 2.31 bits per heavy atom. The van der Waals surface area contributed by atoms with Crippen molar-refractivity contribution in [1.29, 1.82) is 0 Å². The Balaban J connectivity index is 2.51. The molecule has 1 amide bonds. The number of hydrogen-bond donors (Lipinski definition) is 0. The summed E-state index contributed by atoms with van der Waals surface area (Å²) in [5, 5.41) is 0. The third-order valence-electron chi connectivity index (χ3n) is 2.89. The van der Waals surface area contributed by atoms with Gasteiger partial charge in [0.25, 0.3) is 0 Å². The van der Waals surface area contributed by atoms with Crippen molar-refractivity contribution in [2.24, 2.45) is 11.8 Å². The van der Waals surface area contributed by atoms with E-state index in [1.165, 1.54) is 12.5 Å². The van der Waals surface area contributed by atoms with Crippen LogP contribution in [0.1, 0.15) is 26.7 Å². The van der Waals surface area contributed by atoms with Gasteiger partial charge in [0.15, 0.2) is 0 Å². The highest BCUT2D eigenvalue weighted by molar-refractivity contribution is 5.87. The van der Waals surface area contributed by atoms with Crippen LogP contribution in [-0.4, -0.2) is 23.9 Å². The molecule has 0 N–H and O–H groups in total. The van der Waals surface area contributed by atoms with Crippen molar-refractivity contribution in [2.45, 2.75) is 26.7 Å². The summed E-state index contributed by atoms with van der Waals surface area (Å²) in [6, 6.07) is 0. The molecule has 0 aromatic rings. The van der Waals surface area contributed by atoms with Crippen LogP contribution in [0.3, 0.4) is 0 Å². The lowest BCUT2D eigenvalue weighted by Gasteiger charge is -2.34. The smallest absolute Gasteiger partial charge is 0.245 e. The fourth-order valence-corrected chi connectivity index (χ4v) is 1.88. The highest BCUT2D eigenvalue weighted by Gasteiger charge is 2.23. The van der Waals surface area contributed by atoms with Crippen LogP contribution in [0.15, 0.2) is 12.7 Å². The van der Waals surface area contributed by atoms with E-state index in [2.05, 4.69) is 20.4 Å². The van der Waals surface area contributed by atoms with Gasteiger partial charge in [-0.2, -0.15) is 0 Å². The largest absolute Gasteiger partial charge is 0.339 e. The van der Waals surface area contributed by atoms with E-state index >= 15 is 0 Å². The first-order chi connectivity index (χ1) is 6.15. The van der Waals surface area contributed by atoms with E-state index in [4.69, 9.17) is 0 Å². The summed E-state index contributed by atoms with van der Waals surface area (Å²) in [5.74, 6) is 1.45. The van der Waals surface area contributed by atoms with Crippen molar-refractivity contribution in [3.63, 3.8) is 0 Å². The van der Waals surface area contributed by atoms with E-state index in [1.54, 1.807) is 0 Å². The van der Waals surface area contributed by atoms with Crippen LogP contribution in [0.4, 0.5) is 0 Å². The molecule has 1 unspecified atom stereocenters. The molecule has 1 saturated heterocycles. The van der Waals surface area contributed by atoms with Crippen molar-refractivity contribution in [1.82, 2.24) is 4.90 Å². The number of hydrogen-bond acceptors (Lipinski definition) is 1. The maximum absolute atomic E-state index is 11.3. The molecule has 13 heavy (non-hydrogen) atoms. The zero-order valence-corrected chi connectivity index (χ0v) is 8.62. The number of piperidine rings is 1. The molecule has 2 heteroatoms. The Labute approximate surface area is 80.6 Å². The molecule has 2 nitrogen and oxygen atoms in total. The molecule has 1 heterocycles. The molecule has 1 aliphatic rings. The van der Waals surface area contributed by atoms with Crippen molar-refractivity contribution in [2.75, 3.05) is 13.1 Å². The number of likely N-dealkylation sites (tertiary alicyclic amines) is 1. The molecule has 0 aromatic heterocycles. The van der Waals surface area contributed by atoms with Gasteiger partial charge in [-0.25, -0.2) is 0 Å². The SMILES string of the molecule is C=CC(=O)N1CCCC(C(C)C)C1. The first-order valence-corrected chi connectivity index (χ1v) is 5.06. The average molecular weight is 181 g/mol. The zero-order valence-electron chi connectivity index (χ0n) is 8.62. The van der Waals surface area contributed by atoms with Gasteiger partial charge in [0.05, 0.1) is 0 Å². The predicted molar refractivity (Wildman–Crippen MR) is 54.3 cm³/mol. The lowest BCUT2D eigenvalue weighted by Crippen LogP contribution is -2.40. The first-order valence-electron chi connectivity index (χ1n) is 5.06. The monoisotopic (exact) mass is 181 g/mol. The number of rotatable bonds is 2. The minimum Gasteiger partial charge on any atom is -0.339 e. The summed E-state index contributed by atoms with van der Waals surface area (Å²) in [4.78, 5) is 13.3. The normalized spacial score (nSPS) is 23.3. The topological polar surface area (TPSA) is 20.3 Å². The molecule has 0 saturated carbocycles. The lowest BCUT2D eigenvalue weighted by molar-refractivity contribution is -0.128. The van der Waals surface area contributed by atoms with Crippen molar-refractivity contribution in [3.05, 3.63) is 12.7 Å². The predicted octanol–water partition coefficient (Wildman–Crippen LogP) is 2.07. The molecule has 0 aliphatic carbocycles. The molecule has 1 atom stereocenters. The summed E-state index contributed by atoms with van der Waals surface area (Å²) < 4.78 is 0. The molecule has 0 bridgehead atoms. The van der Waals surface area contributed by atoms with E-state index in [0.717, 1.165) is 19.5 Å². The Hall–Kier alpha value is -0.790. The maximum atomic E-state index is 11.3. The molecular weight excluding hydrogens is 162 g/mol. The zero-order chi connectivity index (χ0) is 9.84. The Bertz CT molecular complexity index is 198.